The number of anilines is 1. The second-order valence-electron chi connectivity index (χ2n) is 4.58. The van der Waals surface area contributed by atoms with Crippen LogP contribution in [0.5, 0.6) is 5.75 Å². The molecule has 0 aromatic heterocycles. The molecular formula is C13H18N2O2S. The fraction of sp³-hybridized carbons (Fsp3) is 0.462. The fourth-order valence-corrected chi connectivity index (χ4v) is 2.40. The Kier molecular flexibility index (Phi) is 4.14. The van der Waals surface area contributed by atoms with Gasteiger partial charge in [0.05, 0.1) is 5.69 Å². The normalized spacial score (nSPS) is 15.9. The van der Waals surface area contributed by atoms with Gasteiger partial charge in [-0.15, -0.1) is 0 Å². The van der Waals surface area contributed by atoms with Gasteiger partial charge in [-0.1, -0.05) is 6.07 Å². The molecule has 4 nitrogen and oxygen atoms in total. The van der Waals surface area contributed by atoms with Crippen molar-refractivity contribution >= 4 is 24.2 Å². The van der Waals surface area contributed by atoms with E-state index in [0.29, 0.717) is 6.04 Å². The number of ether oxygens (including phenoxy) is 1. The monoisotopic (exact) mass is 266 g/mol. The van der Waals surface area contributed by atoms with Gasteiger partial charge in [0.25, 0.3) is 5.91 Å². The van der Waals surface area contributed by atoms with Gasteiger partial charge in [0.1, 0.15) is 5.75 Å². The van der Waals surface area contributed by atoms with Gasteiger partial charge in [-0.05, 0) is 44.0 Å². The number of hydrogen-bond acceptors (Lipinski definition) is 4. The number of rotatable bonds is 4. The van der Waals surface area contributed by atoms with Crippen LogP contribution in [0.25, 0.3) is 0 Å². The molecule has 0 spiro atoms. The van der Waals surface area contributed by atoms with Crippen LogP contribution in [0.1, 0.15) is 18.0 Å². The Hall–Kier alpha value is -1.20. The van der Waals surface area contributed by atoms with Crippen LogP contribution in [-0.4, -0.2) is 37.3 Å². The van der Waals surface area contributed by atoms with Crippen LogP contribution in [-0.2, 0) is 4.79 Å². The van der Waals surface area contributed by atoms with Gasteiger partial charge < -0.3 is 15.0 Å². The average Bonchev–Trinajstić information content (AvgIpc) is 2.34. The molecular weight excluding hydrogens is 248 g/mol. The van der Waals surface area contributed by atoms with E-state index in [-0.39, 0.29) is 12.5 Å². The van der Waals surface area contributed by atoms with Crippen molar-refractivity contribution in [2.24, 2.45) is 0 Å². The van der Waals surface area contributed by atoms with Crippen molar-refractivity contribution in [3.05, 3.63) is 23.8 Å². The molecule has 1 aromatic carbocycles. The Balaban J connectivity index is 2.28. The third-order valence-corrected chi connectivity index (χ3v) is 3.31. The van der Waals surface area contributed by atoms with E-state index in [1.807, 2.05) is 32.3 Å². The first-order valence-corrected chi connectivity index (χ1v) is 6.59. The topological polar surface area (TPSA) is 41.6 Å². The summed E-state index contributed by atoms with van der Waals surface area (Å²) >= 11 is 4.30. The summed E-state index contributed by atoms with van der Waals surface area (Å²) in [4.78, 5) is 13.5. The first kappa shape index (κ1) is 13.2. The first-order valence-electron chi connectivity index (χ1n) is 5.95. The van der Waals surface area contributed by atoms with Crippen molar-refractivity contribution in [3.63, 3.8) is 0 Å². The summed E-state index contributed by atoms with van der Waals surface area (Å²) in [5, 5.41) is 2.83. The number of benzene rings is 1. The number of carbonyl (C=O) groups is 1. The molecule has 0 aliphatic carbocycles. The second kappa shape index (κ2) is 5.63. The smallest absolute Gasteiger partial charge is 0.262 e. The lowest BCUT2D eigenvalue weighted by Crippen LogP contribution is -2.26. The van der Waals surface area contributed by atoms with E-state index in [0.717, 1.165) is 23.6 Å². The SMILES string of the molecule is CN(C)C(CCS)c1ccc2c(c1)NC(=O)CO2. The van der Waals surface area contributed by atoms with Crippen LogP contribution in [0.3, 0.4) is 0 Å². The number of carbonyl (C=O) groups excluding carboxylic acids is 1. The molecule has 98 valence electrons. The van der Waals surface area contributed by atoms with Crippen LogP contribution in [0.15, 0.2) is 18.2 Å². The van der Waals surface area contributed by atoms with Crippen molar-refractivity contribution in [1.82, 2.24) is 4.90 Å². The lowest BCUT2D eigenvalue weighted by atomic mass is 10.0. The number of nitrogens with zero attached hydrogens (tertiary/aromatic N) is 1. The zero-order valence-corrected chi connectivity index (χ0v) is 11.5. The van der Waals surface area contributed by atoms with Gasteiger partial charge in [-0.2, -0.15) is 12.6 Å². The molecule has 0 bridgehead atoms. The number of fused-ring (bicyclic) bond motifs is 1. The van der Waals surface area contributed by atoms with E-state index in [1.54, 1.807) is 0 Å². The number of hydrogen-bond donors (Lipinski definition) is 2. The molecule has 1 amide bonds. The molecule has 1 N–H and O–H groups in total. The number of thiol groups is 1. The molecule has 1 aliphatic heterocycles. The Labute approximate surface area is 113 Å². The maximum atomic E-state index is 11.3. The van der Waals surface area contributed by atoms with E-state index in [9.17, 15) is 4.79 Å². The maximum Gasteiger partial charge on any atom is 0.262 e. The summed E-state index contributed by atoms with van der Waals surface area (Å²) in [6.45, 7) is 0.0973. The average molecular weight is 266 g/mol. The molecule has 0 saturated carbocycles. The van der Waals surface area contributed by atoms with E-state index >= 15 is 0 Å². The fourth-order valence-electron chi connectivity index (χ4n) is 2.15. The quantitative estimate of drug-likeness (QED) is 0.818. The standard InChI is InChI=1S/C13H18N2O2S/c1-15(2)11(5-6-18)9-3-4-12-10(7-9)14-13(16)8-17-12/h3-4,7,11,18H,5-6,8H2,1-2H3,(H,14,16). The molecule has 5 heteroatoms. The molecule has 0 saturated heterocycles. The van der Waals surface area contributed by atoms with Crippen molar-refractivity contribution < 1.29 is 9.53 Å². The minimum atomic E-state index is -0.102. The minimum Gasteiger partial charge on any atom is -0.482 e. The second-order valence-corrected chi connectivity index (χ2v) is 5.03. The molecule has 1 aromatic rings. The van der Waals surface area contributed by atoms with Gasteiger partial charge in [0, 0.05) is 6.04 Å². The number of amides is 1. The van der Waals surface area contributed by atoms with E-state index < -0.39 is 0 Å². The summed E-state index contributed by atoms with van der Waals surface area (Å²) in [5.41, 5.74) is 1.92. The van der Waals surface area contributed by atoms with Gasteiger partial charge in [0.2, 0.25) is 0 Å². The molecule has 18 heavy (non-hydrogen) atoms. The van der Waals surface area contributed by atoms with Crippen molar-refractivity contribution in [2.75, 3.05) is 31.8 Å². The van der Waals surface area contributed by atoms with Gasteiger partial charge in [-0.3, -0.25) is 4.79 Å². The molecule has 1 heterocycles. The van der Waals surface area contributed by atoms with Crippen molar-refractivity contribution in [3.8, 4) is 5.75 Å². The maximum absolute atomic E-state index is 11.3. The molecule has 1 atom stereocenters. The van der Waals surface area contributed by atoms with Crippen molar-refractivity contribution in [2.45, 2.75) is 12.5 Å². The molecule has 1 unspecified atom stereocenters. The molecule has 0 fully saturated rings. The zero-order valence-electron chi connectivity index (χ0n) is 10.6. The summed E-state index contributed by atoms with van der Waals surface area (Å²) in [6.07, 6.45) is 0.962. The highest BCUT2D eigenvalue weighted by Crippen LogP contribution is 2.32. The lowest BCUT2D eigenvalue weighted by molar-refractivity contribution is -0.118. The highest BCUT2D eigenvalue weighted by Gasteiger charge is 2.19. The Morgan fingerprint density at radius 2 is 2.28 bits per heavy atom. The van der Waals surface area contributed by atoms with Gasteiger partial charge in [0.15, 0.2) is 6.61 Å². The molecule has 0 radical (unpaired) electrons. The molecule has 1 aliphatic rings. The van der Waals surface area contributed by atoms with Crippen LogP contribution in [0, 0.1) is 0 Å². The number of nitrogens with one attached hydrogen (secondary N) is 1. The van der Waals surface area contributed by atoms with Gasteiger partial charge in [-0.25, -0.2) is 0 Å². The highest BCUT2D eigenvalue weighted by molar-refractivity contribution is 7.80. The summed E-state index contributed by atoms with van der Waals surface area (Å²) in [5.74, 6) is 1.46. The lowest BCUT2D eigenvalue weighted by Gasteiger charge is -2.26. The van der Waals surface area contributed by atoms with Crippen LogP contribution >= 0.6 is 12.6 Å². The summed E-state index contributed by atoms with van der Waals surface area (Å²) in [6, 6.07) is 6.25. The van der Waals surface area contributed by atoms with Crippen LogP contribution < -0.4 is 10.1 Å². The van der Waals surface area contributed by atoms with E-state index in [2.05, 4.69) is 22.8 Å². The Morgan fingerprint density at radius 1 is 1.50 bits per heavy atom. The van der Waals surface area contributed by atoms with Crippen LogP contribution in [0.2, 0.25) is 0 Å². The third-order valence-electron chi connectivity index (χ3n) is 3.05. The van der Waals surface area contributed by atoms with Crippen molar-refractivity contribution in [1.29, 1.82) is 0 Å². The summed E-state index contributed by atoms with van der Waals surface area (Å²) in [7, 11) is 4.09. The highest BCUT2D eigenvalue weighted by atomic mass is 32.1. The minimum absolute atomic E-state index is 0.0973. The molecule has 2 rings (SSSR count). The first-order chi connectivity index (χ1) is 8.61. The predicted octanol–water partition coefficient (Wildman–Crippen LogP) is 1.94. The largest absolute Gasteiger partial charge is 0.482 e. The van der Waals surface area contributed by atoms with Crippen LogP contribution in [0.4, 0.5) is 5.69 Å². The summed E-state index contributed by atoms with van der Waals surface area (Å²) < 4.78 is 5.35. The predicted molar refractivity (Wildman–Crippen MR) is 75.5 cm³/mol. The van der Waals surface area contributed by atoms with Gasteiger partial charge >= 0.3 is 0 Å². The van der Waals surface area contributed by atoms with E-state index in [1.165, 1.54) is 5.56 Å². The third kappa shape index (κ3) is 2.79. The Morgan fingerprint density at radius 3 is 2.94 bits per heavy atom. The Bertz CT molecular complexity index is 449. The zero-order chi connectivity index (χ0) is 13.1. The van der Waals surface area contributed by atoms with E-state index in [4.69, 9.17) is 4.74 Å².